The van der Waals surface area contributed by atoms with Crippen LogP contribution in [0.5, 0.6) is 5.75 Å². The second-order valence-electron chi connectivity index (χ2n) is 5.85. The number of anilines is 1. The summed E-state index contributed by atoms with van der Waals surface area (Å²) in [4.78, 5) is -0.230. The van der Waals surface area contributed by atoms with Crippen molar-refractivity contribution in [2.45, 2.75) is 11.1 Å². The predicted molar refractivity (Wildman–Crippen MR) is 103 cm³/mol. The molecule has 0 saturated carbocycles. The van der Waals surface area contributed by atoms with E-state index in [0.717, 1.165) is 18.2 Å². The lowest BCUT2D eigenvalue weighted by atomic mass is 10.1. The number of aromatic hydroxyl groups is 1. The number of rotatable bonds is 5. The topological polar surface area (TPSA) is 83.6 Å². The maximum absolute atomic E-state index is 14.5. The molecule has 3 N–H and O–H groups in total. The second-order valence-corrected chi connectivity index (χ2v) is 8.11. The summed E-state index contributed by atoms with van der Waals surface area (Å²) in [5.41, 5.74) is 5.54. The van der Waals surface area contributed by atoms with Gasteiger partial charge in [-0.1, -0.05) is 29.8 Å². The highest BCUT2D eigenvalue weighted by atomic mass is 35.5. The van der Waals surface area contributed by atoms with E-state index in [1.807, 2.05) is 0 Å². The Kier molecular flexibility index (Phi) is 5.55. The number of para-hydroxylation sites is 1. The number of phenolic OH excluding ortho intramolecular Hbond substituents is 1. The van der Waals surface area contributed by atoms with E-state index in [0.29, 0.717) is 9.33 Å². The summed E-state index contributed by atoms with van der Waals surface area (Å²) >= 11 is 5.81. The third kappa shape index (κ3) is 3.80. The second kappa shape index (κ2) is 7.75. The molecule has 9 heteroatoms. The molecule has 0 aliphatic rings. The summed E-state index contributed by atoms with van der Waals surface area (Å²) < 4.78 is 55.4. The van der Waals surface area contributed by atoms with Crippen molar-refractivity contribution in [3.05, 3.63) is 89.0 Å². The lowest BCUT2D eigenvalue weighted by Gasteiger charge is -2.31. The van der Waals surface area contributed by atoms with Gasteiger partial charge in [-0.3, -0.25) is 0 Å². The lowest BCUT2D eigenvalue weighted by Crippen LogP contribution is -2.40. The van der Waals surface area contributed by atoms with Gasteiger partial charge in [0.05, 0.1) is 10.6 Å². The van der Waals surface area contributed by atoms with Crippen molar-refractivity contribution in [2.75, 3.05) is 4.31 Å². The van der Waals surface area contributed by atoms with Crippen LogP contribution in [0.4, 0.5) is 14.5 Å². The highest BCUT2D eigenvalue weighted by molar-refractivity contribution is 7.92. The number of phenols is 1. The first-order valence-electron chi connectivity index (χ1n) is 8.00. The molecule has 1 unspecified atom stereocenters. The molecule has 5 nitrogen and oxygen atoms in total. The van der Waals surface area contributed by atoms with Gasteiger partial charge in [0, 0.05) is 16.7 Å². The normalized spacial score (nSPS) is 12.6. The molecule has 0 saturated heterocycles. The smallest absolute Gasteiger partial charge is 0.266 e. The van der Waals surface area contributed by atoms with Crippen molar-refractivity contribution in [3.63, 3.8) is 0 Å². The summed E-state index contributed by atoms with van der Waals surface area (Å²) in [5.74, 6) is -2.13. The summed E-state index contributed by atoms with van der Waals surface area (Å²) in [6.07, 6.45) is -1.53. The Morgan fingerprint density at radius 3 is 2.29 bits per heavy atom. The van der Waals surface area contributed by atoms with Crippen LogP contribution in [0.1, 0.15) is 11.7 Å². The van der Waals surface area contributed by atoms with Crippen molar-refractivity contribution < 1.29 is 22.3 Å². The minimum atomic E-state index is -4.44. The molecule has 0 radical (unpaired) electrons. The average molecular weight is 425 g/mol. The van der Waals surface area contributed by atoms with E-state index in [1.54, 1.807) is 0 Å². The number of hydrogen-bond donors (Lipinski definition) is 2. The number of nitrogens with zero attached hydrogens (tertiary/aromatic N) is 1. The van der Waals surface area contributed by atoms with Gasteiger partial charge in [0.1, 0.15) is 23.5 Å². The molecule has 0 amide bonds. The Hall–Kier alpha value is -2.68. The third-order valence-electron chi connectivity index (χ3n) is 4.02. The van der Waals surface area contributed by atoms with Crippen molar-refractivity contribution in [1.82, 2.24) is 0 Å². The summed E-state index contributed by atoms with van der Waals surface area (Å²) in [5, 5.41) is 10.4. The first-order chi connectivity index (χ1) is 13.2. The van der Waals surface area contributed by atoms with Crippen LogP contribution in [-0.4, -0.2) is 13.5 Å². The van der Waals surface area contributed by atoms with Crippen LogP contribution in [0.3, 0.4) is 0 Å². The van der Waals surface area contributed by atoms with Crippen molar-refractivity contribution in [3.8, 4) is 5.75 Å². The van der Waals surface area contributed by atoms with Crippen LogP contribution in [-0.2, 0) is 10.0 Å². The standard InChI is InChI=1S/C19H15ClF2N2O3S/c20-12-5-8-14(9-6-12)28(26,27)24(17-11-13(21)7-10-16(17)22)19(23)15-3-1-2-4-18(15)25/h1-11,19,25H,23H2. The number of nitrogens with two attached hydrogens (primary N) is 1. The molecule has 28 heavy (non-hydrogen) atoms. The Morgan fingerprint density at radius 1 is 1.00 bits per heavy atom. The fraction of sp³-hybridized carbons (Fsp3) is 0.0526. The van der Waals surface area contributed by atoms with E-state index in [4.69, 9.17) is 17.3 Å². The van der Waals surface area contributed by atoms with E-state index in [2.05, 4.69) is 0 Å². The molecular weight excluding hydrogens is 410 g/mol. The van der Waals surface area contributed by atoms with Crippen LogP contribution >= 0.6 is 11.6 Å². The third-order valence-corrected chi connectivity index (χ3v) is 6.09. The zero-order valence-electron chi connectivity index (χ0n) is 14.3. The minimum Gasteiger partial charge on any atom is -0.508 e. The molecule has 3 aromatic carbocycles. The quantitative estimate of drug-likeness (QED) is 0.602. The molecule has 0 bridgehead atoms. The largest absolute Gasteiger partial charge is 0.508 e. The summed E-state index contributed by atoms with van der Waals surface area (Å²) in [7, 11) is -4.44. The molecule has 0 aliphatic heterocycles. The lowest BCUT2D eigenvalue weighted by molar-refractivity contribution is 0.461. The number of hydrogen-bond acceptors (Lipinski definition) is 4. The number of sulfonamides is 1. The van der Waals surface area contributed by atoms with Gasteiger partial charge in [0.2, 0.25) is 0 Å². The number of benzene rings is 3. The molecule has 0 aliphatic carbocycles. The SMILES string of the molecule is NC(c1ccccc1O)N(c1cc(F)ccc1F)S(=O)(=O)c1ccc(Cl)cc1. The minimum absolute atomic E-state index is 0.0173. The fourth-order valence-corrected chi connectivity index (χ4v) is 4.31. The number of halogens is 3. The van der Waals surface area contributed by atoms with Gasteiger partial charge in [-0.25, -0.2) is 21.5 Å². The zero-order valence-corrected chi connectivity index (χ0v) is 15.8. The Morgan fingerprint density at radius 2 is 1.64 bits per heavy atom. The Balaban J connectivity index is 2.24. The van der Waals surface area contributed by atoms with Gasteiger partial charge in [-0.15, -0.1) is 0 Å². The van der Waals surface area contributed by atoms with Gasteiger partial charge in [-0.2, -0.15) is 0 Å². The fourth-order valence-electron chi connectivity index (χ4n) is 2.67. The van der Waals surface area contributed by atoms with Crippen LogP contribution in [0.15, 0.2) is 71.6 Å². The molecule has 1 atom stereocenters. The van der Waals surface area contributed by atoms with Gasteiger partial charge in [0.15, 0.2) is 0 Å². The van der Waals surface area contributed by atoms with E-state index in [9.17, 15) is 22.3 Å². The van der Waals surface area contributed by atoms with Crippen molar-refractivity contribution in [2.24, 2.45) is 5.73 Å². The Labute approximate surface area is 165 Å². The first-order valence-corrected chi connectivity index (χ1v) is 9.82. The van der Waals surface area contributed by atoms with Gasteiger partial charge >= 0.3 is 0 Å². The van der Waals surface area contributed by atoms with E-state index < -0.39 is 33.5 Å². The average Bonchev–Trinajstić information content (AvgIpc) is 2.65. The highest BCUT2D eigenvalue weighted by Gasteiger charge is 2.34. The van der Waals surface area contributed by atoms with Crippen LogP contribution in [0.2, 0.25) is 5.02 Å². The van der Waals surface area contributed by atoms with Gasteiger partial charge in [0.25, 0.3) is 10.0 Å². The molecule has 3 rings (SSSR count). The van der Waals surface area contributed by atoms with E-state index in [1.165, 1.54) is 48.5 Å². The maximum atomic E-state index is 14.5. The maximum Gasteiger partial charge on any atom is 0.266 e. The molecule has 0 spiro atoms. The first kappa shape index (κ1) is 20.1. The monoisotopic (exact) mass is 424 g/mol. The molecule has 146 valence electrons. The van der Waals surface area contributed by atoms with Crippen LogP contribution in [0.25, 0.3) is 0 Å². The Bertz CT molecular complexity index is 1110. The molecule has 0 fully saturated rings. The summed E-state index contributed by atoms with van der Waals surface area (Å²) in [6.45, 7) is 0. The highest BCUT2D eigenvalue weighted by Crippen LogP contribution is 2.35. The van der Waals surface area contributed by atoms with E-state index >= 15 is 0 Å². The molecular formula is C19H15ClF2N2O3S. The van der Waals surface area contributed by atoms with Gasteiger partial charge in [-0.05, 0) is 42.5 Å². The van der Waals surface area contributed by atoms with Crippen molar-refractivity contribution in [1.29, 1.82) is 0 Å². The van der Waals surface area contributed by atoms with E-state index in [-0.39, 0.29) is 16.2 Å². The zero-order chi connectivity index (χ0) is 20.5. The summed E-state index contributed by atoms with van der Waals surface area (Å²) in [6, 6.07) is 13.3. The van der Waals surface area contributed by atoms with Crippen LogP contribution < -0.4 is 10.0 Å². The van der Waals surface area contributed by atoms with Gasteiger partial charge < -0.3 is 10.8 Å². The molecule has 0 heterocycles. The predicted octanol–water partition coefficient (Wildman–Crippen LogP) is 4.18. The van der Waals surface area contributed by atoms with Crippen LogP contribution in [0, 0.1) is 11.6 Å². The molecule has 3 aromatic rings. The molecule has 0 aromatic heterocycles. The van der Waals surface area contributed by atoms with Crippen molar-refractivity contribution >= 4 is 27.3 Å².